The highest BCUT2D eigenvalue weighted by atomic mass is 16.5. The number of nitrogens with zero attached hydrogens (tertiary/aromatic N) is 3. The first kappa shape index (κ1) is 11.5. The first-order chi connectivity index (χ1) is 8.13. The number of carbonyl (C=O) groups is 1. The lowest BCUT2D eigenvalue weighted by Gasteiger charge is -2.30. The fourth-order valence-electron chi connectivity index (χ4n) is 1.53. The predicted octanol–water partition coefficient (Wildman–Crippen LogP) is 0.412. The van der Waals surface area contributed by atoms with Crippen molar-refractivity contribution in [3.05, 3.63) is 23.9 Å². The van der Waals surface area contributed by atoms with E-state index in [1.54, 1.807) is 19.2 Å². The molecule has 0 aromatic heterocycles. The van der Waals surface area contributed by atoms with Gasteiger partial charge in [0.2, 0.25) is 0 Å². The van der Waals surface area contributed by atoms with Crippen LogP contribution in [0.1, 0.15) is 13.8 Å². The lowest BCUT2D eigenvalue weighted by atomic mass is 10.1. The Hall–Kier alpha value is -1.95. The molecule has 2 heterocycles. The average molecular weight is 235 g/mol. The Balaban J connectivity index is 2.28. The topological polar surface area (TPSA) is 74.5 Å². The molecule has 6 heteroatoms. The fraction of sp³-hybridized carbons (Fsp3) is 0.364. The molecule has 2 rings (SSSR count). The third kappa shape index (κ3) is 2.12. The average Bonchev–Trinajstić information content (AvgIpc) is 2.29. The van der Waals surface area contributed by atoms with Crippen LogP contribution in [-0.4, -0.2) is 40.4 Å². The van der Waals surface area contributed by atoms with E-state index in [9.17, 15) is 9.90 Å². The Morgan fingerprint density at radius 1 is 1.59 bits per heavy atom. The summed E-state index contributed by atoms with van der Waals surface area (Å²) in [5, 5.41) is 17.6. The van der Waals surface area contributed by atoms with Crippen LogP contribution < -0.4 is 0 Å². The number of aliphatic hydroxyl groups excluding tert-OH is 1. The number of ether oxygens (including phenoxy) is 1. The summed E-state index contributed by atoms with van der Waals surface area (Å²) in [5.74, 6) is -0.145. The molecule has 0 aromatic carbocycles. The van der Waals surface area contributed by atoms with Gasteiger partial charge in [0, 0.05) is 6.20 Å². The number of aliphatic hydroxyl groups is 1. The molecule has 0 amide bonds. The molecule has 0 saturated heterocycles. The molecule has 0 radical (unpaired) electrons. The van der Waals surface area contributed by atoms with Crippen molar-refractivity contribution < 1.29 is 14.6 Å². The maximum Gasteiger partial charge on any atom is 0.359 e. The Kier molecular flexibility index (Phi) is 3.06. The van der Waals surface area contributed by atoms with Gasteiger partial charge in [0.25, 0.3) is 0 Å². The van der Waals surface area contributed by atoms with E-state index in [-0.39, 0.29) is 12.3 Å². The first-order valence-electron chi connectivity index (χ1n) is 5.29. The molecular weight excluding hydrogens is 222 g/mol. The largest absolute Gasteiger partial charge is 0.461 e. The summed E-state index contributed by atoms with van der Waals surface area (Å²) >= 11 is 0. The van der Waals surface area contributed by atoms with Gasteiger partial charge in [-0.2, -0.15) is 0 Å². The highest BCUT2D eigenvalue weighted by Crippen LogP contribution is 2.16. The molecule has 17 heavy (non-hydrogen) atoms. The highest BCUT2D eigenvalue weighted by Gasteiger charge is 2.32. The number of hydrogen-bond acceptors (Lipinski definition) is 6. The SMILES string of the molecule is CCOC(=O)C1=NN=C2C=C(C)C=CN2C1O. The van der Waals surface area contributed by atoms with E-state index in [0.717, 1.165) is 5.57 Å². The van der Waals surface area contributed by atoms with Gasteiger partial charge in [-0.1, -0.05) is 0 Å². The van der Waals surface area contributed by atoms with E-state index in [1.807, 2.05) is 13.0 Å². The minimum Gasteiger partial charge on any atom is -0.461 e. The van der Waals surface area contributed by atoms with E-state index >= 15 is 0 Å². The predicted molar refractivity (Wildman–Crippen MR) is 62.2 cm³/mol. The molecule has 0 fully saturated rings. The van der Waals surface area contributed by atoms with Crippen molar-refractivity contribution >= 4 is 17.5 Å². The summed E-state index contributed by atoms with van der Waals surface area (Å²) in [6, 6.07) is 0. The van der Waals surface area contributed by atoms with Gasteiger partial charge in [-0.15, -0.1) is 10.2 Å². The molecule has 0 saturated carbocycles. The quantitative estimate of drug-likeness (QED) is 0.703. The van der Waals surface area contributed by atoms with Gasteiger partial charge in [-0.3, -0.25) is 4.90 Å². The van der Waals surface area contributed by atoms with Gasteiger partial charge in [0.1, 0.15) is 0 Å². The number of allylic oxidation sites excluding steroid dienone is 2. The van der Waals surface area contributed by atoms with Gasteiger partial charge >= 0.3 is 5.97 Å². The standard InChI is InChI=1S/C11H13N3O3/c1-3-17-11(16)9-10(15)14-5-4-7(2)6-8(14)12-13-9/h4-6,10,15H,3H2,1-2H3. The van der Waals surface area contributed by atoms with Gasteiger partial charge in [-0.25, -0.2) is 4.79 Å². The molecule has 2 aliphatic heterocycles. The third-order valence-corrected chi connectivity index (χ3v) is 2.37. The molecule has 90 valence electrons. The Morgan fingerprint density at radius 2 is 2.35 bits per heavy atom. The van der Waals surface area contributed by atoms with Crippen LogP contribution in [0.5, 0.6) is 0 Å². The van der Waals surface area contributed by atoms with Crippen molar-refractivity contribution in [2.75, 3.05) is 6.61 Å². The van der Waals surface area contributed by atoms with E-state index < -0.39 is 12.2 Å². The van der Waals surface area contributed by atoms with E-state index in [4.69, 9.17) is 4.74 Å². The minimum atomic E-state index is -1.15. The van der Waals surface area contributed by atoms with Crippen LogP contribution >= 0.6 is 0 Å². The zero-order valence-corrected chi connectivity index (χ0v) is 9.62. The molecule has 1 atom stereocenters. The number of rotatable bonds is 2. The first-order valence-corrected chi connectivity index (χ1v) is 5.29. The van der Waals surface area contributed by atoms with E-state index in [2.05, 4.69) is 10.2 Å². The fourth-order valence-corrected chi connectivity index (χ4v) is 1.53. The summed E-state index contributed by atoms with van der Waals surface area (Å²) in [6.07, 6.45) is 4.10. The van der Waals surface area contributed by atoms with Crippen molar-refractivity contribution in [3.63, 3.8) is 0 Å². The summed E-state index contributed by atoms with van der Waals surface area (Å²) in [6.45, 7) is 3.83. The van der Waals surface area contributed by atoms with Gasteiger partial charge in [-0.05, 0) is 31.6 Å². The molecule has 1 N–H and O–H groups in total. The molecule has 0 aromatic rings. The zero-order chi connectivity index (χ0) is 12.4. The Bertz CT molecular complexity index is 463. The van der Waals surface area contributed by atoms with Crippen LogP contribution in [-0.2, 0) is 9.53 Å². The van der Waals surface area contributed by atoms with Crippen LogP contribution in [0.2, 0.25) is 0 Å². The number of carbonyl (C=O) groups excluding carboxylic acids is 1. The third-order valence-electron chi connectivity index (χ3n) is 2.37. The summed E-state index contributed by atoms with van der Waals surface area (Å²) < 4.78 is 4.79. The maximum atomic E-state index is 11.5. The number of esters is 1. The molecular formula is C11H13N3O3. The summed E-state index contributed by atoms with van der Waals surface area (Å²) in [7, 11) is 0. The van der Waals surface area contributed by atoms with Crippen molar-refractivity contribution in [3.8, 4) is 0 Å². The maximum absolute atomic E-state index is 11.5. The van der Waals surface area contributed by atoms with Crippen LogP contribution in [0.25, 0.3) is 0 Å². The van der Waals surface area contributed by atoms with Crippen LogP contribution in [0.4, 0.5) is 0 Å². The highest BCUT2D eigenvalue weighted by molar-refractivity contribution is 6.39. The summed E-state index contributed by atoms with van der Waals surface area (Å²) in [5.41, 5.74) is 0.898. The number of hydrogen-bond donors (Lipinski definition) is 1. The second-order valence-electron chi connectivity index (χ2n) is 3.65. The molecule has 0 aliphatic carbocycles. The monoisotopic (exact) mass is 235 g/mol. The number of fused-ring (bicyclic) bond motifs is 1. The molecule has 0 spiro atoms. The molecule has 2 aliphatic rings. The second-order valence-corrected chi connectivity index (χ2v) is 3.65. The molecule has 0 bridgehead atoms. The molecule has 1 unspecified atom stereocenters. The van der Waals surface area contributed by atoms with E-state index in [0.29, 0.717) is 5.84 Å². The van der Waals surface area contributed by atoms with Crippen LogP contribution in [0, 0.1) is 0 Å². The normalized spacial score (nSPS) is 22.4. The summed E-state index contributed by atoms with van der Waals surface area (Å²) in [4.78, 5) is 13.0. The van der Waals surface area contributed by atoms with Crippen LogP contribution in [0.3, 0.4) is 0 Å². The van der Waals surface area contributed by atoms with Crippen molar-refractivity contribution in [2.45, 2.75) is 20.1 Å². The van der Waals surface area contributed by atoms with E-state index in [1.165, 1.54) is 4.90 Å². The van der Waals surface area contributed by atoms with Crippen molar-refractivity contribution in [2.24, 2.45) is 10.2 Å². The smallest absolute Gasteiger partial charge is 0.359 e. The van der Waals surface area contributed by atoms with Crippen molar-refractivity contribution in [1.82, 2.24) is 4.90 Å². The van der Waals surface area contributed by atoms with Crippen LogP contribution in [0.15, 0.2) is 34.1 Å². The lowest BCUT2D eigenvalue weighted by molar-refractivity contribution is -0.135. The zero-order valence-electron chi connectivity index (χ0n) is 9.62. The molecule has 6 nitrogen and oxygen atoms in total. The van der Waals surface area contributed by atoms with Gasteiger partial charge in [0.05, 0.1) is 6.61 Å². The van der Waals surface area contributed by atoms with Gasteiger partial charge in [0.15, 0.2) is 17.8 Å². The lowest BCUT2D eigenvalue weighted by Crippen LogP contribution is -2.47. The van der Waals surface area contributed by atoms with Crippen molar-refractivity contribution in [1.29, 1.82) is 0 Å². The van der Waals surface area contributed by atoms with Gasteiger partial charge < -0.3 is 9.84 Å². The Morgan fingerprint density at radius 3 is 3.06 bits per heavy atom. The second kappa shape index (κ2) is 4.50. The number of amidine groups is 1. The Labute approximate surface area is 98.6 Å². The minimum absolute atomic E-state index is 0.104.